The third-order valence-corrected chi connectivity index (χ3v) is 5.36. The standard InChI is InChI=1S/C12H22N2O2.C10H11N3O/c15-12(14-7-9-16-10-8-14)11-13-5-3-1-2-4-6-13;1-3-10-11-5-8(6-12-10)9-4-7(2)13-14-9/h1-11H2;4-6H,3H2,1-2H3. The first-order valence-electron chi connectivity index (χ1n) is 11.0. The number of hydrogen-bond acceptors (Lipinski definition) is 7. The molecule has 0 aliphatic carbocycles. The van der Waals surface area contributed by atoms with Crippen molar-refractivity contribution in [1.82, 2.24) is 24.9 Å². The highest BCUT2D eigenvalue weighted by atomic mass is 16.5. The molecule has 0 atom stereocenters. The molecule has 0 radical (unpaired) electrons. The number of aryl methyl sites for hydroxylation is 2. The molecule has 1 amide bonds. The van der Waals surface area contributed by atoms with Crippen LogP contribution in [0.5, 0.6) is 0 Å². The Bertz CT molecular complexity index is 763. The molecule has 8 nitrogen and oxygen atoms in total. The van der Waals surface area contributed by atoms with Gasteiger partial charge in [0.05, 0.1) is 31.0 Å². The highest BCUT2D eigenvalue weighted by Crippen LogP contribution is 2.17. The van der Waals surface area contributed by atoms with Crippen LogP contribution < -0.4 is 0 Å². The minimum absolute atomic E-state index is 0.283. The van der Waals surface area contributed by atoms with Gasteiger partial charge in [0.25, 0.3) is 0 Å². The zero-order chi connectivity index (χ0) is 21.2. The average Bonchev–Trinajstić information content (AvgIpc) is 3.06. The van der Waals surface area contributed by atoms with Crippen molar-refractivity contribution in [2.24, 2.45) is 0 Å². The maximum atomic E-state index is 12.0. The van der Waals surface area contributed by atoms with Crippen molar-refractivity contribution in [2.75, 3.05) is 45.9 Å². The molecule has 0 bridgehead atoms. The van der Waals surface area contributed by atoms with Gasteiger partial charge in [0.15, 0.2) is 5.76 Å². The summed E-state index contributed by atoms with van der Waals surface area (Å²) in [6.45, 7) is 9.64. The highest BCUT2D eigenvalue weighted by Gasteiger charge is 2.20. The van der Waals surface area contributed by atoms with Crippen molar-refractivity contribution in [2.45, 2.75) is 46.0 Å². The van der Waals surface area contributed by atoms with Crippen LogP contribution in [-0.4, -0.2) is 76.8 Å². The first-order chi connectivity index (χ1) is 14.7. The van der Waals surface area contributed by atoms with Gasteiger partial charge >= 0.3 is 0 Å². The Hall–Kier alpha value is -2.32. The quantitative estimate of drug-likeness (QED) is 0.759. The second-order valence-corrected chi connectivity index (χ2v) is 7.76. The molecule has 30 heavy (non-hydrogen) atoms. The molecule has 4 heterocycles. The van der Waals surface area contributed by atoms with Gasteiger partial charge < -0.3 is 14.2 Å². The predicted octanol–water partition coefficient (Wildman–Crippen LogP) is 2.72. The van der Waals surface area contributed by atoms with Gasteiger partial charge in [-0.3, -0.25) is 9.69 Å². The van der Waals surface area contributed by atoms with Crippen LogP contribution in [0, 0.1) is 6.92 Å². The molecule has 2 aromatic heterocycles. The third kappa shape index (κ3) is 6.88. The second-order valence-electron chi connectivity index (χ2n) is 7.76. The molecule has 8 heteroatoms. The molecule has 2 aromatic rings. The fourth-order valence-electron chi connectivity index (χ4n) is 3.56. The number of hydrogen-bond donors (Lipinski definition) is 0. The lowest BCUT2D eigenvalue weighted by Crippen LogP contribution is -2.45. The molecule has 164 valence electrons. The summed E-state index contributed by atoms with van der Waals surface area (Å²) in [5.74, 6) is 1.83. The number of amides is 1. The summed E-state index contributed by atoms with van der Waals surface area (Å²) in [4.78, 5) is 24.6. The first kappa shape index (κ1) is 22.4. The second kappa shape index (κ2) is 11.8. The lowest BCUT2D eigenvalue weighted by atomic mass is 10.2. The van der Waals surface area contributed by atoms with E-state index in [-0.39, 0.29) is 5.91 Å². The minimum Gasteiger partial charge on any atom is -0.378 e. The summed E-state index contributed by atoms with van der Waals surface area (Å²) < 4.78 is 10.3. The van der Waals surface area contributed by atoms with E-state index in [2.05, 4.69) is 20.0 Å². The van der Waals surface area contributed by atoms with Crippen molar-refractivity contribution in [3.63, 3.8) is 0 Å². The summed E-state index contributed by atoms with van der Waals surface area (Å²) in [5.41, 5.74) is 1.72. The van der Waals surface area contributed by atoms with Crippen LogP contribution in [0.4, 0.5) is 0 Å². The maximum absolute atomic E-state index is 12.0. The van der Waals surface area contributed by atoms with E-state index in [9.17, 15) is 4.79 Å². The van der Waals surface area contributed by atoms with Gasteiger partial charge in [0.2, 0.25) is 5.91 Å². The Morgan fingerprint density at radius 3 is 2.27 bits per heavy atom. The first-order valence-corrected chi connectivity index (χ1v) is 11.0. The fraction of sp³-hybridized carbons (Fsp3) is 0.636. The Labute approximate surface area is 178 Å². The van der Waals surface area contributed by atoms with Crippen molar-refractivity contribution < 1.29 is 14.1 Å². The summed E-state index contributed by atoms with van der Waals surface area (Å²) in [7, 11) is 0. The van der Waals surface area contributed by atoms with Crippen LogP contribution in [0.3, 0.4) is 0 Å². The molecule has 2 saturated heterocycles. The number of morpholine rings is 1. The van der Waals surface area contributed by atoms with E-state index >= 15 is 0 Å². The van der Waals surface area contributed by atoms with Crippen LogP contribution in [-0.2, 0) is 16.0 Å². The highest BCUT2D eigenvalue weighted by molar-refractivity contribution is 5.78. The van der Waals surface area contributed by atoms with Crippen LogP contribution in [0.1, 0.15) is 44.1 Å². The normalized spacial score (nSPS) is 17.7. The van der Waals surface area contributed by atoms with Gasteiger partial charge in [-0.05, 0) is 32.9 Å². The summed E-state index contributed by atoms with van der Waals surface area (Å²) in [5, 5.41) is 3.81. The summed E-state index contributed by atoms with van der Waals surface area (Å²) in [6, 6.07) is 1.87. The van der Waals surface area contributed by atoms with Gasteiger partial charge in [0.1, 0.15) is 5.82 Å². The molecule has 0 aromatic carbocycles. The van der Waals surface area contributed by atoms with E-state index in [0.29, 0.717) is 25.5 Å². The number of carbonyl (C=O) groups is 1. The number of likely N-dealkylation sites (tertiary alicyclic amines) is 1. The molecule has 2 aliphatic heterocycles. The average molecular weight is 416 g/mol. The number of ether oxygens (including phenoxy) is 1. The zero-order valence-corrected chi connectivity index (χ0v) is 18.2. The largest absolute Gasteiger partial charge is 0.378 e. The lowest BCUT2D eigenvalue weighted by molar-refractivity contribution is -0.136. The molecule has 2 aliphatic rings. The van der Waals surface area contributed by atoms with E-state index in [1.807, 2.05) is 24.8 Å². The lowest BCUT2D eigenvalue weighted by Gasteiger charge is -2.29. The summed E-state index contributed by atoms with van der Waals surface area (Å²) >= 11 is 0. The smallest absolute Gasteiger partial charge is 0.236 e. The van der Waals surface area contributed by atoms with Gasteiger partial charge in [-0.1, -0.05) is 24.9 Å². The van der Waals surface area contributed by atoms with Crippen molar-refractivity contribution in [3.05, 3.63) is 30.0 Å². The van der Waals surface area contributed by atoms with E-state index in [0.717, 1.165) is 49.7 Å². The van der Waals surface area contributed by atoms with Crippen molar-refractivity contribution in [1.29, 1.82) is 0 Å². The van der Waals surface area contributed by atoms with E-state index < -0.39 is 0 Å². The molecule has 4 rings (SSSR count). The zero-order valence-electron chi connectivity index (χ0n) is 18.2. The molecule has 0 spiro atoms. The molecular formula is C22H33N5O3. The summed E-state index contributed by atoms with van der Waals surface area (Å²) in [6.07, 6.45) is 9.49. The number of nitrogens with zero attached hydrogens (tertiary/aromatic N) is 5. The Morgan fingerprint density at radius 2 is 1.70 bits per heavy atom. The van der Waals surface area contributed by atoms with Gasteiger partial charge in [-0.2, -0.15) is 0 Å². The molecule has 0 N–H and O–H groups in total. The van der Waals surface area contributed by atoms with Crippen LogP contribution in [0.15, 0.2) is 23.0 Å². The van der Waals surface area contributed by atoms with Gasteiger partial charge in [0, 0.05) is 38.0 Å². The maximum Gasteiger partial charge on any atom is 0.236 e. The van der Waals surface area contributed by atoms with E-state index in [1.54, 1.807) is 12.4 Å². The van der Waals surface area contributed by atoms with Gasteiger partial charge in [-0.15, -0.1) is 0 Å². The predicted molar refractivity (Wildman–Crippen MR) is 114 cm³/mol. The Morgan fingerprint density at radius 1 is 1.03 bits per heavy atom. The van der Waals surface area contributed by atoms with E-state index in [4.69, 9.17) is 9.26 Å². The molecular weight excluding hydrogens is 382 g/mol. The Balaban J connectivity index is 0.000000172. The minimum atomic E-state index is 0.283. The molecule has 0 unspecified atom stereocenters. The van der Waals surface area contributed by atoms with Gasteiger partial charge in [-0.25, -0.2) is 9.97 Å². The molecule has 0 saturated carbocycles. The SMILES string of the molecule is CCc1ncc(-c2cc(C)no2)cn1.O=C(CN1CCCCCC1)N1CCOCC1. The van der Waals surface area contributed by atoms with Crippen molar-refractivity contribution in [3.8, 4) is 11.3 Å². The van der Waals surface area contributed by atoms with Crippen molar-refractivity contribution >= 4 is 5.91 Å². The number of aromatic nitrogens is 3. The fourth-order valence-corrected chi connectivity index (χ4v) is 3.56. The van der Waals surface area contributed by atoms with Crippen LogP contribution >= 0.6 is 0 Å². The number of rotatable bonds is 4. The van der Waals surface area contributed by atoms with Crippen LogP contribution in [0.2, 0.25) is 0 Å². The third-order valence-electron chi connectivity index (χ3n) is 5.36. The number of carbonyl (C=O) groups excluding carboxylic acids is 1. The molecule has 2 fully saturated rings. The van der Waals surface area contributed by atoms with Crippen LogP contribution in [0.25, 0.3) is 11.3 Å². The monoisotopic (exact) mass is 415 g/mol. The Kier molecular flexibility index (Phi) is 8.77. The topological polar surface area (TPSA) is 84.6 Å². The van der Waals surface area contributed by atoms with E-state index in [1.165, 1.54) is 25.7 Å².